The number of aliphatic carboxylic acids is 1. The summed E-state index contributed by atoms with van der Waals surface area (Å²) in [5.41, 5.74) is 2.82. The highest BCUT2D eigenvalue weighted by atomic mass is 16.4. The molecular weight excluding hydrogens is 266 g/mol. The molecule has 1 aliphatic carbocycles. The summed E-state index contributed by atoms with van der Waals surface area (Å²) in [7, 11) is 0. The van der Waals surface area contributed by atoms with Crippen LogP contribution in [0, 0.1) is 5.41 Å². The molecule has 4 nitrogen and oxygen atoms in total. The molecule has 0 bridgehead atoms. The highest BCUT2D eigenvalue weighted by molar-refractivity contribution is 5.80. The predicted octanol–water partition coefficient (Wildman–Crippen LogP) is 2.33. The van der Waals surface area contributed by atoms with Crippen LogP contribution in [0.3, 0.4) is 0 Å². The number of hydrogen-bond donors (Lipinski definition) is 2. The van der Waals surface area contributed by atoms with Gasteiger partial charge in [-0.3, -0.25) is 9.59 Å². The second-order valence-electron chi connectivity index (χ2n) is 6.45. The zero-order valence-corrected chi connectivity index (χ0v) is 12.7. The molecule has 1 amide bonds. The van der Waals surface area contributed by atoms with Gasteiger partial charge in [0.25, 0.3) is 0 Å². The van der Waals surface area contributed by atoms with E-state index in [9.17, 15) is 9.59 Å². The van der Waals surface area contributed by atoms with E-state index < -0.39 is 11.4 Å². The van der Waals surface area contributed by atoms with Crippen molar-refractivity contribution in [1.29, 1.82) is 0 Å². The molecule has 0 aromatic heterocycles. The van der Waals surface area contributed by atoms with Crippen molar-refractivity contribution in [2.24, 2.45) is 5.41 Å². The summed E-state index contributed by atoms with van der Waals surface area (Å²) in [6, 6.07) is 6.25. The molecule has 0 radical (unpaired) electrons. The van der Waals surface area contributed by atoms with E-state index in [0.29, 0.717) is 6.42 Å². The van der Waals surface area contributed by atoms with Crippen molar-refractivity contribution in [1.82, 2.24) is 5.32 Å². The van der Waals surface area contributed by atoms with Gasteiger partial charge in [-0.2, -0.15) is 0 Å². The van der Waals surface area contributed by atoms with Crippen molar-refractivity contribution in [2.75, 3.05) is 6.54 Å². The molecule has 2 rings (SSSR count). The van der Waals surface area contributed by atoms with E-state index in [1.807, 2.05) is 6.07 Å². The Morgan fingerprint density at radius 3 is 2.52 bits per heavy atom. The van der Waals surface area contributed by atoms with Gasteiger partial charge in [-0.25, -0.2) is 0 Å². The zero-order valence-electron chi connectivity index (χ0n) is 12.7. The molecule has 1 aromatic carbocycles. The van der Waals surface area contributed by atoms with Crippen molar-refractivity contribution in [2.45, 2.75) is 46.0 Å². The fourth-order valence-corrected chi connectivity index (χ4v) is 2.54. The second-order valence-corrected chi connectivity index (χ2v) is 6.45. The van der Waals surface area contributed by atoms with Crippen LogP contribution < -0.4 is 5.32 Å². The predicted molar refractivity (Wildman–Crippen MR) is 81.2 cm³/mol. The van der Waals surface area contributed by atoms with Gasteiger partial charge in [-0.05, 0) is 56.2 Å². The average molecular weight is 289 g/mol. The number of fused-ring (bicyclic) bond motifs is 1. The van der Waals surface area contributed by atoms with E-state index in [1.165, 1.54) is 24.0 Å². The van der Waals surface area contributed by atoms with Gasteiger partial charge in [0.2, 0.25) is 5.91 Å². The molecule has 0 spiro atoms. The summed E-state index contributed by atoms with van der Waals surface area (Å²) in [4.78, 5) is 22.9. The van der Waals surface area contributed by atoms with Gasteiger partial charge < -0.3 is 10.4 Å². The fourth-order valence-electron chi connectivity index (χ4n) is 2.54. The summed E-state index contributed by atoms with van der Waals surface area (Å²) in [6.07, 6.45) is 5.00. The normalized spacial score (nSPS) is 14.4. The van der Waals surface area contributed by atoms with Crippen LogP contribution in [-0.2, 0) is 28.9 Å². The lowest BCUT2D eigenvalue weighted by Gasteiger charge is -2.20. The maximum Gasteiger partial charge on any atom is 0.310 e. The summed E-state index contributed by atoms with van der Waals surface area (Å²) in [5.74, 6) is -1.03. The van der Waals surface area contributed by atoms with E-state index in [4.69, 9.17) is 5.11 Å². The van der Waals surface area contributed by atoms with Gasteiger partial charge in [-0.15, -0.1) is 0 Å². The molecule has 0 aliphatic heterocycles. The Bertz CT molecular complexity index is 549. The maximum atomic E-state index is 11.9. The van der Waals surface area contributed by atoms with E-state index in [-0.39, 0.29) is 12.5 Å². The highest BCUT2D eigenvalue weighted by Gasteiger charge is 2.27. The molecule has 0 saturated carbocycles. The Labute approximate surface area is 125 Å². The summed E-state index contributed by atoms with van der Waals surface area (Å²) < 4.78 is 0. The van der Waals surface area contributed by atoms with Gasteiger partial charge in [-0.1, -0.05) is 18.2 Å². The first kappa shape index (κ1) is 15.5. The van der Waals surface area contributed by atoms with Crippen LogP contribution in [0.2, 0.25) is 0 Å². The Kier molecular flexibility index (Phi) is 4.66. The summed E-state index contributed by atoms with van der Waals surface area (Å²) >= 11 is 0. The lowest BCUT2D eigenvalue weighted by molar-refractivity contribution is -0.146. The number of amides is 1. The minimum absolute atomic E-state index is 0.125. The fraction of sp³-hybridized carbons (Fsp3) is 0.529. The Morgan fingerprint density at radius 1 is 1.19 bits per heavy atom. The van der Waals surface area contributed by atoms with Gasteiger partial charge in [0.05, 0.1) is 11.8 Å². The molecule has 0 atom stereocenters. The topological polar surface area (TPSA) is 66.4 Å². The third-order valence-corrected chi connectivity index (χ3v) is 4.08. The number of nitrogens with one attached hydrogen (secondary N) is 1. The number of hydrogen-bond acceptors (Lipinski definition) is 2. The van der Waals surface area contributed by atoms with Gasteiger partial charge in [0.1, 0.15) is 0 Å². The number of carboxylic acids is 1. The Morgan fingerprint density at radius 2 is 1.86 bits per heavy atom. The number of benzene rings is 1. The molecule has 0 unspecified atom stereocenters. The van der Waals surface area contributed by atoms with E-state index in [1.54, 1.807) is 13.8 Å². The van der Waals surface area contributed by atoms with Crippen LogP contribution in [0.25, 0.3) is 0 Å². The SMILES string of the molecule is CC(C)(CNC(=O)Cc1ccc2c(c1)CCCC2)C(=O)O. The standard InChI is InChI=1S/C17H23NO3/c1-17(2,16(20)21)11-18-15(19)10-12-7-8-13-5-3-4-6-14(13)9-12/h7-9H,3-6,10-11H2,1-2H3,(H,18,19)(H,20,21). The summed E-state index contributed by atoms with van der Waals surface area (Å²) in [6.45, 7) is 3.36. The first-order valence-corrected chi connectivity index (χ1v) is 7.49. The van der Waals surface area contributed by atoms with Crippen LogP contribution in [0.1, 0.15) is 43.4 Å². The largest absolute Gasteiger partial charge is 0.481 e. The first-order valence-electron chi connectivity index (χ1n) is 7.49. The molecule has 0 heterocycles. The van der Waals surface area contributed by atoms with Gasteiger partial charge in [0, 0.05) is 6.54 Å². The minimum Gasteiger partial charge on any atom is -0.481 e. The first-order chi connectivity index (χ1) is 9.88. The number of rotatable bonds is 5. The second kappa shape index (κ2) is 6.29. The smallest absolute Gasteiger partial charge is 0.310 e. The number of carbonyl (C=O) groups excluding carboxylic acids is 1. The van der Waals surface area contributed by atoms with Crippen molar-refractivity contribution in [3.63, 3.8) is 0 Å². The van der Waals surface area contributed by atoms with Crippen LogP contribution in [-0.4, -0.2) is 23.5 Å². The molecule has 2 N–H and O–H groups in total. The number of aryl methyl sites for hydroxylation is 2. The van der Waals surface area contributed by atoms with Gasteiger partial charge in [0.15, 0.2) is 0 Å². The van der Waals surface area contributed by atoms with Crippen LogP contribution in [0.5, 0.6) is 0 Å². The third-order valence-electron chi connectivity index (χ3n) is 4.08. The Hall–Kier alpha value is -1.84. The van der Waals surface area contributed by atoms with Crippen molar-refractivity contribution < 1.29 is 14.7 Å². The van der Waals surface area contributed by atoms with E-state index >= 15 is 0 Å². The molecule has 1 aromatic rings. The van der Waals surface area contributed by atoms with Crippen LogP contribution in [0.4, 0.5) is 0 Å². The molecule has 21 heavy (non-hydrogen) atoms. The molecule has 0 fully saturated rings. The highest BCUT2D eigenvalue weighted by Crippen LogP contribution is 2.22. The van der Waals surface area contributed by atoms with Gasteiger partial charge >= 0.3 is 5.97 Å². The van der Waals surface area contributed by atoms with E-state index in [2.05, 4.69) is 17.4 Å². The molecule has 114 valence electrons. The minimum atomic E-state index is -0.939. The molecular formula is C17H23NO3. The Balaban J connectivity index is 1.92. The van der Waals surface area contributed by atoms with Crippen molar-refractivity contribution in [3.05, 3.63) is 34.9 Å². The average Bonchev–Trinajstić information content (AvgIpc) is 2.45. The monoisotopic (exact) mass is 289 g/mol. The molecule has 1 aliphatic rings. The lowest BCUT2D eigenvalue weighted by Crippen LogP contribution is -2.39. The molecule has 0 saturated heterocycles. The van der Waals surface area contributed by atoms with E-state index in [0.717, 1.165) is 18.4 Å². The zero-order chi connectivity index (χ0) is 15.5. The van der Waals surface area contributed by atoms with Crippen LogP contribution in [0.15, 0.2) is 18.2 Å². The quantitative estimate of drug-likeness (QED) is 0.874. The molecule has 4 heteroatoms. The van der Waals surface area contributed by atoms with Crippen molar-refractivity contribution in [3.8, 4) is 0 Å². The number of carbonyl (C=O) groups is 2. The maximum absolute atomic E-state index is 11.9. The third kappa shape index (κ3) is 4.06. The summed E-state index contributed by atoms with van der Waals surface area (Å²) in [5, 5.41) is 11.7. The van der Waals surface area contributed by atoms with Crippen LogP contribution >= 0.6 is 0 Å². The lowest BCUT2D eigenvalue weighted by atomic mass is 9.90. The number of carboxylic acid groups (broad SMARTS) is 1. The van der Waals surface area contributed by atoms with Crippen molar-refractivity contribution >= 4 is 11.9 Å².